The van der Waals surface area contributed by atoms with E-state index in [0.29, 0.717) is 19.0 Å². The summed E-state index contributed by atoms with van der Waals surface area (Å²) in [4.78, 5) is 26.6. The first-order chi connectivity index (χ1) is 14.3. The zero-order valence-corrected chi connectivity index (χ0v) is 17.8. The van der Waals surface area contributed by atoms with E-state index < -0.39 is 11.8 Å². The number of rotatable bonds is 7. The lowest BCUT2D eigenvalue weighted by Crippen LogP contribution is -2.48. The van der Waals surface area contributed by atoms with Crippen molar-refractivity contribution in [2.24, 2.45) is 11.7 Å². The minimum Gasteiger partial charge on any atom is -0.334 e. The van der Waals surface area contributed by atoms with Crippen molar-refractivity contribution >= 4 is 17.6 Å². The molecule has 7 nitrogen and oxygen atoms in total. The molecule has 2 aromatic rings. The summed E-state index contributed by atoms with van der Waals surface area (Å²) >= 11 is 0. The largest absolute Gasteiger partial charge is 0.334 e. The van der Waals surface area contributed by atoms with Crippen molar-refractivity contribution in [1.82, 2.24) is 15.5 Å². The number of urea groups is 1. The van der Waals surface area contributed by atoms with Gasteiger partial charge in [-0.15, -0.1) is 0 Å². The molecule has 0 radical (unpaired) electrons. The van der Waals surface area contributed by atoms with E-state index in [0.717, 1.165) is 23.2 Å². The molecule has 1 aliphatic rings. The average molecular weight is 410 g/mol. The molecule has 160 valence electrons. The minimum atomic E-state index is -0.621. The van der Waals surface area contributed by atoms with Gasteiger partial charge in [0, 0.05) is 18.8 Å². The van der Waals surface area contributed by atoms with Crippen LogP contribution in [0, 0.1) is 5.92 Å². The van der Waals surface area contributed by atoms with Crippen LogP contribution in [0.3, 0.4) is 0 Å². The molecule has 1 saturated heterocycles. The second-order valence-electron chi connectivity index (χ2n) is 8.44. The van der Waals surface area contributed by atoms with Gasteiger partial charge in [0.15, 0.2) is 0 Å². The van der Waals surface area contributed by atoms with Crippen molar-refractivity contribution in [3.63, 3.8) is 0 Å². The smallest absolute Gasteiger partial charge is 0.319 e. The second kappa shape index (κ2) is 9.28. The van der Waals surface area contributed by atoms with E-state index in [1.165, 1.54) is 0 Å². The number of nitrogens with zero attached hydrogens (tertiary/aromatic N) is 1. The highest BCUT2D eigenvalue weighted by atomic mass is 16.2. The van der Waals surface area contributed by atoms with Crippen LogP contribution in [0.4, 0.5) is 10.5 Å². The molecule has 0 aromatic heterocycles. The predicted molar refractivity (Wildman–Crippen MR) is 118 cm³/mol. The summed E-state index contributed by atoms with van der Waals surface area (Å²) in [5, 5.41) is 8.87. The lowest BCUT2D eigenvalue weighted by molar-refractivity contribution is -0.133. The van der Waals surface area contributed by atoms with Crippen molar-refractivity contribution < 1.29 is 9.59 Å². The van der Waals surface area contributed by atoms with Crippen molar-refractivity contribution in [3.8, 4) is 0 Å². The SMILES string of the molecule is CC(C)CC1(C)NC(N)N(Cc2ccc(CNC(=O)Nc3ccccc3)cc2)C1=O. The molecule has 0 spiro atoms. The Morgan fingerprint density at radius 3 is 2.40 bits per heavy atom. The van der Waals surface area contributed by atoms with Gasteiger partial charge in [0.2, 0.25) is 5.91 Å². The summed E-state index contributed by atoms with van der Waals surface area (Å²) in [6.45, 7) is 6.98. The number of hydrogen-bond donors (Lipinski definition) is 4. The number of nitrogens with one attached hydrogen (secondary N) is 3. The van der Waals surface area contributed by atoms with Crippen LogP contribution in [0.1, 0.15) is 38.3 Å². The summed E-state index contributed by atoms with van der Waals surface area (Å²) in [5.41, 5.74) is 8.27. The number of carbonyl (C=O) groups is 2. The molecular weight excluding hydrogens is 378 g/mol. The Morgan fingerprint density at radius 2 is 1.77 bits per heavy atom. The standard InChI is InChI=1S/C23H31N5O2/c1-16(2)13-23(3)20(29)28(21(24)27-23)15-18-11-9-17(10-12-18)14-25-22(30)26-19-7-5-4-6-8-19/h4-12,16,21,27H,13-15,24H2,1-3H3,(H2,25,26,30). The van der Waals surface area contributed by atoms with E-state index in [2.05, 4.69) is 29.8 Å². The first-order valence-corrected chi connectivity index (χ1v) is 10.3. The van der Waals surface area contributed by atoms with Crippen molar-refractivity contribution in [1.29, 1.82) is 0 Å². The van der Waals surface area contributed by atoms with E-state index in [1.807, 2.05) is 61.5 Å². The number of anilines is 1. The Labute approximate surface area is 178 Å². The maximum atomic E-state index is 12.9. The Bertz CT molecular complexity index is 869. The molecule has 7 heteroatoms. The quantitative estimate of drug-likeness (QED) is 0.565. The highest BCUT2D eigenvalue weighted by Gasteiger charge is 2.46. The van der Waals surface area contributed by atoms with Gasteiger partial charge < -0.3 is 15.5 Å². The topological polar surface area (TPSA) is 99.5 Å². The fourth-order valence-electron chi connectivity index (χ4n) is 3.88. The number of amides is 3. The molecule has 5 N–H and O–H groups in total. The van der Waals surface area contributed by atoms with Gasteiger partial charge in [-0.3, -0.25) is 15.8 Å². The second-order valence-corrected chi connectivity index (χ2v) is 8.44. The Kier molecular flexibility index (Phi) is 6.74. The Balaban J connectivity index is 1.53. The molecule has 0 bridgehead atoms. The van der Waals surface area contributed by atoms with Crippen molar-refractivity contribution in [2.45, 2.75) is 52.1 Å². The van der Waals surface area contributed by atoms with Gasteiger partial charge in [-0.1, -0.05) is 56.3 Å². The molecule has 2 atom stereocenters. The van der Waals surface area contributed by atoms with Gasteiger partial charge >= 0.3 is 6.03 Å². The summed E-state index contributed by atoms with van der Waals surface area (Å²) in [6, 6.07) is 16.9. The highest BCUT2D eigenvalue weighted by molar-refractivity contribution is 5.89. The number of para-hydroxylation sites is 1. The van der Waals surface area contributed by atoms with Crippen LogP contribution in [0.15, 0.2) is 54.6 Å². The van der Waals surface area contributed by atoms with E-state index in [1.54, 1.807) is 4.90 Å². The third-order valence-corrected chi connectivity index (χ3v) is 5.21. The van der Waals surface area contributed by atoms with E-state index >= 15 is 0 Å². The van der Waals surface area contributed by atoms with Gasteiger partial charge in [0.1, 0.15) is 6.29 Å². The summed E-state index contributed by atoms with van der Waals surface area (Å²) < 4.78 is 0. The fourth-order valence-corrected chi connectivity index (χ4v) is 3.88. The molecule has 0 saturated carbocycles. The summed E-state index contributed by atoms with van der Waals surface area (Å²) in [5.74, 6) is 0.427. The van der Waals surface area contributed by atoms with Crippen molar-refractivity contribution in [2.75, 3.05) is 5.32 Å². The molecular formula is C23H31N5O2. The fraction of sp³-hybridized carbons (Fsp3) is 0.391. The van der Waals surface area contributed by atoms with E-state index in [-0.39, 0.29) is 11.9 Å². The first-order valence-electron chi connectivity index (χ1n) is 10.3. The predicted octanol–water partition coefficient (Wildman–Crippen LogP) is 2.99. The highest BCUT2D eigenvalue weighted by Crippen LogP contribution is 2.26. The number of nitrogens with two attached hydrogens (primary N) is 1. The maximum Gasteiger partial charge on any atom is 0.319 e. The van der Waals surface area contributed by atoms with Crippen LogP contribution in [0.25, 0.3) is 0 Å². The molecule has 1 fully saturated rings. The van der Waals surface area contributed by atoms with Gasteiger partial charge in [-0.2, -0.15) is 0 Å². The van der Waals surface area contributed by atoms with Crippen LogP contribution in [-0.2, 0) is 17.9 Å². The lowest BCUT2D eigenvalue weighted by atomic mass is 9.91. The molecule has 1 heterocycles. The number of hydrogen-bond acceptors (Lipinski definition) is 4. The van der Waals surface area contributed by atoms with Crippen LogP contribution >= 0.6 is 0 Å². The van der Waals surface area contributed by atoms with Crippen LogP contribution in [0.5, 0.6) is 0 Å². The molecule has 3 rings (SSSR count). The van der Waals surface area contributed by atoms with Gasteiger partial charge in [0.05, 0.1) is 5.54 Å². The van der Waals surface area contributed by atoms with Crippen LogP contribution < -0.4 is 21.7 Å². The third kappa shape index (κ3) is 5.37. The van der Waals surface area contributed by atoms with E-state index in [4.69, 9.17) is 5.73 Å². The lowest BCUT2D eigenvalue weighted by Gasteiger charge is -2.24. The third-order valence-electron chi connectivity index (χ3n) is 5.21. The molecule has 1 aliphatic heterocycles. The molecule has 0 aliphatic carbocycles. The van der Waals surface area contributed by atoms with Gasteiger partial charge in [-0.25, -0.2) is 4.79 Å². The molecule has 2 unspecified atom stereocenters. The molecule has 30 heavy (non-hydrogen) atoms. The first kappa shape index (κ1) is 21.8. The Morgan fingerprint density at radius 1 is 1.13 bits per heavy atom. The molecule has 2 aromatic carbocycles. The molecule has 3 amide bonds. The van der Waals surface area contributed by atoms with Gasteiger partial charge in [0.25, 0.3) is 0 Å². The number of carbonyl (C=O) groups excluding carboxylic acids is 2. The zero-order chi connectivity index (χ0) is 21.7. The van der Waals surface area contributed by atoms with Crippen LogP contribution in [-0.4, -0.2) is 28.7 Å². The van der Waals surface area contributed by atoms with Crippen LogP contribution in [0.2, 0.25) is 0 Å². The van der Waals surface area contributed by atoms with Crippen molar-refractivity contribution in [3.05, 3.63) is 65.7 Å². The summed E-state index contributed by atoms with van der Waals surface area (Å²) in [6.07, 6.45) is 0.246. The van der Waals surface area contributed by atoms with Gasteiger partial charge in [-0.05, 0) is 42.5 Å². The monoisotopic (exact) mass is 409 g/mol. The average Bonchev–Trinajstić information content (AvgIpc) is 2.90. The zero-order valence-electron chi connectivity index (χ0n) is 17.8. The minimum absolute atomic E-state index is 0.0343. The maximum absolute atomic E-state index is 12.9. The number of benzene rings is 2. The normalized spacial score (nSPS) is 21.2. The van der Waals surface area contributed by atoms with E-state index in [9.17, 15) is 9.59 Å². The Hall–Kier alpha value is -2.90. The summed E-state index contributed by atoms with van der Waals surface area (Å²) in [7, 11) is 0.